The fourth-order valence-electron chi connectivity index (χ4n) is 1.35. The highest BCUT2D eigenvalue weighted by atomic mass is 32.2. The van der Waals surface area contributed by atoms with Crippen LogP contribution in [-0.4, -0.2) is 33.8 Å². The molecule has 0 bridgehead atoms. The third kappa shape index (κ3) is 4.15. The van der Waals surface area contributed by atoms with E-state index in [-0.39, 0.29) is 6.61 Å². The van der Waals surface area contributed by atoms with E-state index in [4.69, 9.17) is 14.9 Å². The lowest BCUT2D eigenvalue weighted by molar-refractivity contribution is 0.126. The van der Waals surface area contributed by atoms with Gasteiger partial charge in [-0.25, -0.2) is 0 Å². The second-order valence-corrected chi connectivity index (χ2v) is 4.87. The highest BCUT2D eigenvalue weighted by molar-refractivity contribution is 7.99. The number of thioether (sulfide) groups is 1. The first-order valence-corrected chi connectivity index (χ1v) is 6.72. The Balaban J connectivity index is 1.76. The van der Waals surface area contributed by atoms with Crippen LogP contribution in [0.2, 0.25) is 0 Å². The fourth-order valence-corrected chi connectivity index (χ4v) is 2.06. The van der Waals surface area contributed by atoms with Crippen molar-refractivity contribution in [2.45, 2.75) is 18.3 Å². The molecule has 2 rings (SSSR count). The number of aliphatic hydroxyl groups excluding tert-OH is 1. The van der Waals surface area contributed by atoms with Crippen LogP contribution in [0.5, 0.6) is 5.75 Å². The van der Waals surface area contributed by atoms with Crippen molar-refractivity contribution < 1.29 is 14.3 Å². The summed E-state index contributed by atoms with van der Waals surface area (Å²) in [6, 6.07) is 7.16. The molecule has 1 heterocycles. The van der Waals surface area contributed by atoms with E-state index < -0.39 is 6.10 Å². The molecule has 1 atom stereocenters. The largest absolute Gasteiger partial charge is 0.489 e. The topological polar surface area (TPSA) is 94.4 Å². The highest BCUT2D eigenvalue weighted by Gasteiger charge is 2.10. The van der Waals surface area contributed by atoms with Gasteiger partial charge in [0.2, 0.25) is 5.89 Å². The molecule has 7 heteroatoms. The van der Waals surface area contributed by atoms with E-state index in [1.807, 2.05) is 12.1 Å². The average Bonchev–Trinajstić information content (AvgIpc) is 2.81. The van der Waals surface area contributed by atoms with E-state index in [0.717, 1.165) is 0 Å². The van der Waals surface area contributed by atoms with Crippen molar-refractivity contribution in [2.75, 3.05) is 18.1 Å². The number of benzene rings is 1. The van der Waals surface area contributed by atoms with E-state index in [0.29, 0.717) is 28.3 Å². The second kappa shape index (κ2) is 6.44. The summed E-state index contributed by atoms with van der Waals surface area (Å²) >= 11 is 1.29. The SMILES string of the molecule is Cc1nnc(SCC(O)COc2ccccc2N)o1. The first kappa shape index (κ1) is 13.7. The molecule has 0 aliphatic heterocycles. The number of para-hydroxylation sites is 2. The van der Waals surface area contributed by atoms with Crippen molar-refractivity contribution in [3.05, 3.63) is 30.2 Å². The average molecular weight is 281 g/mol. The number of nitrogens with zero attached hydrogens (tertiary/aromatic N) is 2. The smallest absolute Gasteiger partial charge is 0.276 e. The molecule has 0 aliphatic carbocycles. The van der Waals surface area contributed by atoms with Crippen molar-refractivity contribution in [3.8, 4) is 5.75 Å². The molecule has 1 unspecified atom stereocenters. The Morgan fingerprint density at radius 3 is 2.89 bits per heavy atom. The van der Waals surface area contributed by atoms with Crippen LogP contribution in [0, 0.1) is 6.92 Å². The van der Waals surface area contributed by atoms with Gasteiger partial charge in [0.15, 0.2) is 0 Å². The van der Waals surface area contributed by atoms with E-state index >= 15 is 0 Å². The van der Waals surface area contributed by atoms with Gasteiger partial charge in [-0.3, -0.25) is 0 Å². The maximum atomic E-state index is 9.79. The minimum Gasteiger partial charge on any atom is -0.489 e. The van der Waals surface area contributed by atoms with Crippen molar-refractivity contribution in [2.24, 2.45) is 0 Å². The van der Waals surface area contributed by atoms with Gasteiger partial charge in [0.1, 0.15) is 12.4 Å². The van der Waals surface area contributed by atoms with Gasteiger partial charge in [-0.15, -0.1) is 10.2 Å². The van der Waals surface area contributed by atoms with E-state index in [1.165, 1.54) is 11.8 Å². The number of aromatic nitrogens is 2. The summed E-state index contributed by atoms with van der Waals surface area (Å²) in [6.07, 6.45) is -0.642. The summed E-state index contributed by atoms with van der Waals surface area (Å²) in [5.74, 6) is 1.49. The number of hydrogen-bond acceptors (Lipinski definition) is 7. The van der Waals surface area contributed by atoms with Crippen LogP contribution in [0.4, 0.5) is 5.69 Å². The third-order valence-corrected chi connectivity index (χ3v) is 3.22. The Hall–Kier alpha value is -1.73. The van der Waals surface area contributed by atoms with Crippen LogP contribution in [-0.2, 0) is 0 Å². The number of aliphatic hydroxyl groups is 1. The van der Waals surface area contributed by atoms with Gasteiger partial charge in [0.25, 0.3) is 5.22 Å². The molecule has 102 valence electrons. The summed E-state index contributed by atoms with van der Waals surface area (Å²) in [5.41, 5.74) is 6.28. The molecule has 1 aromatic carbocycles. The minimum absolute atomic E-state index is 0.161. The molecule has 0 saturated carbocycles. The summed E-state index contributed by atoms with van der Waals surface area (Å²) < 4.78 is 10.6. The lowest BCUT2D eigenvalue weighted by atomic mass is 10.3. The van der Waals surface area contributed by atoms with Crippen molar-refractivity contribution in [3.63, 3.8) is 0 Å². The molecule has 0 radical (unpaired) electrons. The highest BCUT2D eigenvalue weighted by Crippen LogP contribution is 2.21. The predicted molar refractivity (Wildman–Crippen MR) is 72.1 cm³/mol. The number of nitrogens with two attached hydrogens (primary N) is 1. The van der Waals surface area contributed by atoms with Crippen molar-refractivity contribution in [1.29, 1.82) is 0 Å². The third-order valence-electron chi connectivity index (χ3n) is 2.26. The molecule has 0 amide bonds. The maximum Gasteiger partial charge on any atom is 0.276 e. The molecular weight excluding hydrogens is 266 g/mol. The molecule has 0 spiro atoms. The number of rotatable bonds is 6. The maximum absolute atomic E-state index is 9.79. The molecule has 6 nitrogen and oxygen atoms in total. The Kier molecular flexibility index (Phi) is 4.64. The summed E-state index contributed by atoms with van der Waals surface area (Å²) in [4.78, 5) is 0. The van der Waals surface area contributed by atoms with E-state index in [2.05, 4.69) is 10.2 Å². The summed E-state index contributed by atoms with van der Waals surface area (Å²) in [6.45, 7) is 1.88. The number of ether oxygens (including phenoxy) is 1. The van der Waals surface area contributed by atoms with Crippen LogP contribution in [0.1, 0.15) is 5.89 Å². The van der Waals surface area contributed by atoms with Crippen LogP contribution in [0.15, 0.2) is 33.9 Å². The molecule has 0 saturated heterocycles. The quantitative estimate of drug-likeness (QED) is 0.612. The standard InChI is InChI=1S/C12H15N3O3S/c1-8-14-15-12(18-8)19-7-9(16)6-17-11-5-3-2-4-10(11)13/h2-5,9,16H,6-7,13H2,1H3. The van der Waals surface area contributed by atoms with Crippen LogP contribution in [0.3, 0.4) is 0 Å². The zero-order valence-electron chi connectivity index (χ0n) is 10.4. The molecule has 0 fully saturated rings. The van der Waals surface area contributed by atoms with Gasteiger partial charge in [-0.05, 0) is 12.1 Å². The molecule has 19 heavy (non-hydrogen) atoms. The van der Waals surface area contributed by atoms with Gasteiger partial charge in [0, 0.05) is 12.7 Å². The summed E-state index contributed by atoms with van der Waals surface area (Å²) in [7, 11) is 0. The van der Waals surface area contributed by atoms with Gasteiger partial charge in [-0.1, -0.05) is 23.9 Å². The van der Waals surface area contributed by atoms with E-state index in [9.17, 15) is 5.11 Å². The molecule has 0 aliphatic rings. The summed E-state index contributed by atoms with van der Waals surface area (Å²) in [5, 5.41) is 17.8. The lowest BCUT2D eigenvalue weighted by Gasteiger charge is -2.12. The van der Waals surface area contributed by atoms with Gasteiger partial charge in [0.05, 0.1) is 11.8 Å². The molecule has 3 N–H and O–H groups in total. The fraction of sp³-hybridized carbons (Fsp3) is 0.333. The first-order valence-electron chi connectivity index (χ1n) is 5.73. The molecule has 2 aromatic rings. The number of nitrogen functional groups attached to an aromatic ring is 1. The Bertz CT molecular complexity index is 532. The van der Waals surface area contributed by atoms with Crippen molar-refractivity contribution in [1.82, 2.24) is 10.2 Å². The normalized spacial score (nSPS) is 12.3. The Morgan fingerprint density at radius 2 is 2.21 bits per heavy atom. The predicted octanol–water partition coefficient (Wildman–Crippen LogP) is 1.49. The van der Waals surface area contributed by atoms with Gasteiger partial charge >= 0.3 is 0 Å². The first-order chi connectivity index (χ1) is 9.15. The monoisotopic (exact) mass is 281 g/mol. The minimum atomic E-state index is -0.642. The van der Waals surface area contributed by atoms with E-state index in [1.54, 1.807) is 19.1 Å². The zero-order chi connectivity index (χ0) is 13.7. The van der Waals surface area contributed by atoms with Crippen LogP contribution in [0.25, 0.3) is 0 Å². The zero-order valence-corrected chi connectivity index (χ0v) is 11.3. The number of anilines is 1. The molecule has 1 aromatic heterocycles. The second-order valence-electron chi connectivity index (χ2n) is 3.90. The Labute approximate surface area is 115 Å². The molecular formula is C12H15N3O3S. The lowest BCUT2D eigenvalue weighted by Crippen LogP contribution is -2.20. The number of hydrogen-bond donors (Lipinski definition) is 2. The van der Waals surface area contributed by atoms with Crippen LogP contribution >= 0.6 is 11.8 Å². The number of aryl methyl sites for hydroxylation is 1. The van der Waals surface area contributed by atoms with Crippen LogP contribution < -0.4 is 10.5 Å². The van der Waals surface area contributed by atoms with Gasteiger partial charge in [-0.2, -0.15) is 0 Å². The Morgan fingerprint density at radius 1 is 1.42 bits per heavy atom. The van der Waals surface area contributed by atoms with Crippen molar-refractivity contribution >= 4 is 17.4 Å². The van der Waals surface area contributed by atoms with Gasteiger partial charge < -0.3 is 20.0 Å².